The molecule has 0 spiro atoms. The minimum atomic E-state index is -4.58. The van der Waals surface area contributed by atoms with Crippen molar-refractivity contribution in [3.63, 3.8) is 0 Å². The first-order chi connectivity index (χ1) is 12.6. The molecule has 3 aromatic rings. The standard InChI is InChI=1S/C20H15ClF3NO2/c1-11-3-5-14(9-12(11)2)25-19(26)18-8-7-17(27-18)13-4-6-16(21)15(10-13)20(22,23)24/h3-10H,1-2H3,(H,25,26). The fourth-order valence-corrected chi connectivity index (χ4v) is 2.75. The van der Waals surface area contributed by atoms with Gasteiger partial charge in [-0.25, -0.2) is 0 Å². The van der Waals surface area contributed by atoms with E-state index in [1.807, 2.05) is 26.0 Å². The van der Waals surface area contributed by atoms with Crippen molar-refractivity contribution in [1.82, 2.24) is 0 Å². The molecule has 0 saturated heterocycles. The van der Waals surface area contributed by atoms with E-state index in [1.54, 1.807) is 6.07 Å². The first-order valence-electron chi connectivity index (χ1n) is 8.01. The SMILES string of the molecule is Cc1ccc(NC(=O)c2ccc(-c3ccc(Cl)c(C(F)(F)F)c3)o2)cc1C. The molecule has 0 fully saturated rings. The van der Waals surface area contributed by atoms with Gasteiger partial charge in [-0.2, -0.15) is 13.2 Å². The third kappa shape index (κ3) is 4.17. The summed E-state index contributed by atoms with van der Waals surface area (Å²) in [6.45, 7) is 3.88. The second-order valence-electron chi connectivity index (χ2n) is 6.11. The Morgan fingerprint density at radius 3 is 2.41 bits per heavy atom. The molecule has 1 heterocycles. The van der Waals surface area contributed by atoms with E-state index in [0.29, 0.717) is 5.69 Å². The highest BCUT2D eigenvalue weighted by atomic mass is 35.5. The number of halogens is 4. The van der Waals surface area contributed by atoms with E-state index < -0.39 is 22.7 Å². The van der Waals surface area contributed by atoms with Crippen molar-refractivity contribution in [2.75, 3.05) is 5.32 Å². The monoisotopic (exact) mass is 393 g/mol. The Hall–Kier alpha value is -2.73. The Morgan fingerprint density at radius 1 is 1.00 bits per heavy atom. The van der Waals surface area contributed by atoms with Crippen molar-refractivity contribution >= 4 is 23.2 Å². The Balaban J connectivity index is 1.84. The van der Waals surface area contributed by atoms with Gasteiger partial charge in [-0.3, -0.25) is 4.79 Å². The lowest BCUT2D eigenvalue weighted by atomic mass is 10.1. The van der Waals surface area contributed by atoms with Gasteiger partial charge in [0.25, 0.3) is 5.91 Å². The summed E-state index contributed by atoms with van der Waals surface area (Å²) in [6.07, 6.45) is -4.58. The molecule has 0 aliphatic rings. The summed E-state index contributed by atoms with van der Waals surface area (Å²) >= 11 is 5.62. The lowest BCUT2D eigenvalue weighted by Crippen LogP contribution is -2.11. The number of rotatable bonds is 3. The van der Waals surface area contributed by atoms with Crippen LogP contribution in [0.15, 0.2) is 52.9 Å². The second kappa shape index (κ2) is 7.12. The van der Waals surface area contributed by atoms with Gasteiger partial charge in [-0.1, -0.05) is 17.7 Å². The highest BCUT2D eigenvalue weighted by Gasteiger charge is 2.33. The van der Waals surface area contributed by atoms with Gasteiger partial charge in [0, 0.05) is 11.3 Å². The molecule has 0 bridgehead atoms. The van der Waals surface area contributed by atoms with Gasteiger partial charge in [0.15, 0.2) is 5.76 Å². The second-order valence-corrected chi connectivity index (χ2v) is 6.52. The smallest absolute Gasteiger partial charge is 0.417 e. The number of carbonyl (C=O) groups excluding carboxylic acids is 1. The first-order valence-corrected chi connectivity index (χ1v) is 8.38. The molecule has 0 aliphatic carbocycles. The Bertz CT molecular complexity index is 1010. The molecule has 0 saturated carbocycles. The van der Waals surface area contributed by atoms with Crippen molar-refractivity contribution in [3.05, 3.63) is 76.0 Å². The van der Waals surface area contributed by atoms with Crippen LogP contribution in [-0.2, 0) is 6.18 Å². The molecule has 0 unspecified atom stereocenters. The zero-order chi connectivity index (χ0) is 19.8. The fraction of sp³-hybridized carbons (Fsp3) is 0.150. The van der Waals surface area contributed by atoms with Gasteiger partial charge in [0.1, 0.15) is 5.76 Å². The van der Waals surface area contributed by atoms with Crippen molar-refractivity contribution in [3.8, 4) is 11.3 Å². The molecule has 7 heteroatoms. The van der Waals surface area contributed by atoms with E-state index in [0.717, 1.165) is 23.3 Å². The zero-order valence-corrected chi connectivity index (χ0v) is 15.2. The minimum Gasteiger partial charge on any atom is -0.451 e. The lowest BCUT2D eigenvalue weighted by Gasteiger charge is -2.10. The van der Waals surface area contributed by atoms with Crippen LogP contribution >= 0.6 is 11.6 Å². The molecular formula is C20H15ClF3NO2. The fourth-order valence-electron chi connectivity index (χ4n) is 2.52. The van der Waals surface area contributed by atoms with Gasteiger partial charge in [-0.05, 0) is 67.4 Å². The summed E-state index contributed by atoms with van der Waals surface area (Å²) in [5.41, 5.74) is 1.94. The van der Waals surface area contributed by atoms with Crippen molar-refractivity contribution in [2.45, 2.75) is 20.0 Å². The van der Waals surface area contributed by atoms with E-state index in [-0.39, 0.29) is 17.1 Å². The van der Waals surface area contributed by atoms with Crippen LogP contribution in [0.4, 0.5) is 18.9 Å². The Morgan fingerprint density at radius 2 is 1.74 bits per heavy atom. The van der Waals surface area contributed by atoms with Crippen LogP contribution < -0.4 is 5.32 Å². The summed E-state index contributed by atoms with van der Waals surface area (Å²) in [4.78, 5) is 12.3. The zero-order valence-electron chi connectivity index (χ0n) is 14.4. The van der Waals surface area contributed by atoms with E-state index >= 15 is 0 Å². The minimum absolute atomic E-state index is 0.00765. The predicted molar refractivity (Wildman–Crippen MR) is 98.0 cm³/mol. The Kier molecular flexibility index (Phi) is 5.02. The number of hydrogen-bond donors (Lipinski definition) is 1. The van der Waals surface area contributed by atoms with Gasteiger partial charge in [0.05, 0.1) is 10.6 Å². The number of amides is 1. The number of aryl methyl sites for hydroxylation is 2. The van der Waals surface area contributed by atoms with Crippen LogP contribution in [0.1, 0.15) is 27.2 Å². The van der Waals surface area contributed by atoms with E-state index in [9.17, 15) is 18.0 Å². The average molecular weight is 394 g/mol. The summed E-state index contributed by atoms with van der Waals surface area (Å²) in [7, 11) is 0. The molecule has 27 heavy (non-hydrogen) atoms. The van der Waals surface area contributed by atoms with Gasteiger partial charge >= 0.3 is 6.18 Å². The normalized spacial score (nSPS) is 11.5. The highest BCUT2D eigenvalue weighted by Crippen LogP contribution is 2.37. The van der Waals surface area contributed by atoms with Crippen LogP contribution in [0.25, 0.3) is 11.3 Å². The molecule has 0 radical (unpaired) electrons. The molecule has 0 atom stereocenters. The third-order valence-corrected chi connectivity index (χ3v) is 4.48. The number of alkyl halides is 3. The molecule has 2 aromatic carbocycles. The van der Waals surface area contributed by atoms with Crippen molar-refractivity contribution in [1.29, 1.82) is 0 Å². The number of carbonyl (C=O) groups is 1. The molecule has 140 valence electrons. The van der Waals surface area contributed by atoms with Crippen LogP contribution in [0.2, 0.25) is 5.02 Å². The van der Waals surface area contributed by atoms with Crippen LogP contribution in [0, 0.1) is 13.8 Å². The van der Waals surface area contributed by atoms with Crippen molar-refractivity contribution < 1.29 is 22.4 Å². The largest absolute Gasteiger partial charge is 0.451 e. The number of furan rings is 1. The molecule has 1 amide bonds. The number of nitrogens with one attached hydrogen (secondary N) is 1. The van der Waals surface area contributed by atoms with Crippen LogP contribution in [-0.4, -0.2) is 5.91 Å². The topological polar surface area (TPSA) is 42.2 Å². The summed E-state index contributed by atoms with van der Waals surface area (Å²) in [5, 5.41) is 2.30. The maximum Gasteiger partial charge on any atom is 0.417 e. The van der Waals surface area contributed by atoms with Gasteiger partial charge in [-0.15, -0.1) is 0 Å². The third-order valence-electron chi connectivity index (χ3n) is 4.15. The molecule has 3 rings (SSSR count). The summed E-state index contributed by atoms with van der Waals surface area (Å²) < 4.78 is 44.4. The van der Waals surface area contributed by atoms with Crippen molar-refractivity contribution in [2.24, 2.45) is 0 Å². The predicted octanol–water partition coefficient (Wildman–Crippen LogP) is 6.49. The summed E-state index contributed by atoms with van der Waals surface area (Å²) in [5.74, 6) is -0.358. The van der Waals surface area contributed by atoms with E-state index in [4.69, 9.17) is 16.0 Å². The maximum atomic E-state index is 13.0. The van der Waals surface area contributed by atoms with Crippen LogP contribution in [0.3, 0.4) is 0 Å². The van der Waals surface area contributed by atoms with E-state index in [1.165, 1.54) is 18.2 Å². The maximum absolute atomic E-state index is 13.0. The van der Waals surface area contributed by atoms with Gasteiger partial charge < -0.3 is 9.73 Å². The molecule has 3 nitrogen and oxygen atoms in total. The van der Waals surface area contributed by atoms with Gasteiger partial charge in [0.2, 0.25) is 0 Å². The van der Waals surface area contributed by atoms with E-state index in [2.05, 4.69) is 5.32 Å². The van der Waals surface area contributed by atoms with Crippen LogP contribution in [0.5, 0.6) is 0 Å². The first kappa shape index (κ1) is 19.0. The Labute approximate surface area is 158 Å². The number of anilines is 1. The molecule has 1 aromatic heterocycles. The number of benzene rings is 2. The molecule has 0 aliphatic heterocycles. The molecule has 1 N–H and O–H groups in total. The average Bonchev–Trinajstić information content (AvgIpc) is 3.08. The molecular weight excluding hydrogens is 379 g/mol. The quantitative estimate of drug-likeness (QED) is 0.552. The highest BCUT2D eigenvalue weighted by molar-refractivity contribution is 6.31. The summed E-state index contributed by atoms with van der Waals surface area (Å²) in [6, 6.07) is 11.8. The lowest BCUT2D eigenvalue weighted by molar-refractivity contribution is -0.137. The number of hydrogen-bond acceptors (Lipinski definition) is 2.